The van der Waals surface area contributed by atoms with Crippen molar-refractivity contribution in [2.24, 2.45) is 0 Å². The van der Waals surface area contributed by atoms with Gasteiger partial charge in [-0.3, -0.25) is 0 Å². The molecular weight excluding hydrogens is 398 g/mol. The van der Waals surface area contributed by atoms with Crippen molar-refractivity contribution in [1.82, 2.24) is 24.6 Å². The maximum absolute atomic E-state index is 11.6. The van der Waals surface area contributed by atoms with Gasteiger partial charge in [0.1, 0.15) is 17.8 Å². The summed E-state index contributed by atoms with van der Waals surface area (Å²) < 4.78 is 30.9. The molecule has 1 fully saturated rings. The highest BCUT2D eigenvalue weighted by atomic mass is 32.2. The lowest BCUT2D eigenvalue weighted by Crippen LogP contribution is -2.41. The SMILES string of the molecule is CS(=O)(=O)c1ccc(-n2ncc3c(OC4CCN(C(=O)O)CC4)ncnc32)cc1. The third-order valence-electron chi connectivity index (χ3n) is 4.83. The van der Waals surface area contributed by atoms with Crippen LogP contribution in [0, 0.1) is 0 Å². The monoisotopic (exact) mass is 417 g/mol. The lowest BCUT2D eigenvalue weighted by atomic mass is 10.1. The predicted octanol–water partition coefficient (Wildman–Crippen LogP) is 1.74. The average molecular weight is 417 g/mol. The van der Waals surface area contributed by atoms with Crippen molar-refractivity contribution in [3.05, 3.63) is 36.8 Å². The van der Waals surface area contributed by atoms with E-state index >= 15 is 0 Å². The number of carbonyl (C=O) groups is 1. The van der Waals surface area contributed by atoms with E-state index in [1.165, 1.54) is 23.4 Å². The van der Waals surface area contributed by atoms with Crippen LogP contribution in [0.4, 0.5) is 4.79 Å². The Kier molecular flexibility index (Phi) is 4.82. The first-order chi connectivity index (χ1) is 13.8. The van der Waals surface area contributed by atoms with Crippen LogP contribution < -0.4 is 4.74 Å². The van der Waals surface area contributed by atoms with Crippen LogP contribution in [-0.2, 0) is 9.84 Å². The van der Waals surface area contributed by atoms with Crippen molar-refractivity contribution < 1.29 is 23.1 Å². The number of benzene rings is 1. The van der Waals surface area contributed by atoms with E-state index in [0.717, 1.165) is 6.26 Å². The molecule has 1 N–H and O–H groups in total. The highest BCUT2D eigenvalue weighted by Crippen LogP contribution is 2.26. The van der Waals surface area contributed by atoms with Crippen LogP contribution in [0.5, 0.6) is 5.88 Å². The number of hydrogen-bond acceptors (Lipinski definition) is 7. The summed E-state index contributed by atoms with van der Waals surface area (Å²) in [7, 11) is -3.28. The molecule has 11 heteroatoms. The topological polar surface area (TPSA) is 128 Å². The van der Waals surface area contributed by atoms with E-state index in [4.69, 9.17) is 9.84 Å². The smallest absolute Gasteiger partial charge is 0.407 e. The van der Waals surface area contributed by atoms with Crippen LogP contribution in [0.15, 0.2) is 41.7 Å². The molecule has 1 amide bonds. The second-order valence-electron chi connectivity index (χ2n) is 6.83. The van der Waals surface area contributed by atoms with Gasteiger partial charge in [0.05, 0.1) is 16.8 Å². The molecule has 0 radical (unpaired) electrons. The third kappa shape index (κ3) is 3.86. The molecule has 0 atom stereocenters. The zero-order valence-electron chi connectivity index (χ0n) is 15.6. The van der Waals surface area contributed by atoms with Gasteiger partial charge in [0, 0.05) is 32.2 Å². The molecule has 1 aromatic carbocycles. The largest absolute Gasteiger partial charge is 0.474 e. The molecule has 1 aliphatic rings. The molecule has 2 aromatic heterocycles. The van der Waals surface area contributed by atoms with Gasteiger partial charge in [0.2, 0.25) is 5.88 Å². The van der Waals surface area contributed by atoms with Gasteiger partial charge in [-0.25, -0.2) is 27.9 Å². The molecule has 3 aromatic rings. The van der Waals surface area contributed by atoms with E-state index in [2.05, 4.69) is 15.1 Å². The van der Waals surface area contributed by atoms with Gasteiger partial charge < -0.3 is 14.7 Å². The lowest BCUT2D eigenvalue weighted by molar-refractivity contribution is 0.0879. The zero-order chi connectivity index (χ0) is 20.6. The predicted molar refractivity (Wildman–Crippen MR) is 103 cm³/mol. The van der Waals surface area contributed by atoms with E-state index < -0.39 is 15.9 Å². The Hall–Kier alpha value is -3.21. The Morgan fingerprint density at radius 2 is 1.86 bits per heavy atom. The third-order valence-corrected chi connectivity index (χ3v) is 5.96. The number of likely N-dealkylation sites (tertiary alicyclic amines) is 1. The molecule has 1 aliphatic heterocycles. The Labute approximate surface area is 166 Å². The Balaban J connectivity index is 1.58. The highest BCUT2D eigenvalue weighted by Gasteiger charge is 2.25. The molecule has 1 saturated heterocycles. The van der Waals surface area contributed by atoms with Crippen LogP contribution in [0.2, 0.25) is 0 Å². The number of nitrogens with zero attached hydrogens (tertiary/aromatic N) is 5. The van der Waals surface area contributed by atoms with Crippen LogP contribution >= 0.6 is 0 Å². The van der Waals surface area contributed by atoms with Gasteiger partial charge in [-0.05, 0) is 24.3 Å². The van der Waals surface area contributed by atoms with Gasteiger partial charge in [0.15, 0.2) is 15.5 Å². The first-order valence-electron chi connectivity index (χ1n) is 8.96. The Morgan fingerprint density at radius 3 is 2.48 bits per heavy atom. The number of sulfone groups is 1. The quantitative estimate of drug-likeness (QED) is 0.680. The van der Waals surface area contributed by atoms with Crippen molar-refractivity contribution in [1.29, 1.82) is 0 Å². The number of fused-ring (bicyclic) bond motifs is 1. The normalized spacial score (nSPS) is 15.6. The highest BCUT2D eigenvalue weighted by molar-refractivity contribution is 7.90. The van der Waals surface area contributed by atoms with E-state index in [-0.39, 0.29) is 11.0 Å². The van der Waals surface area contributed by atoms with Gasteiger partial charge in [-0.2, -0.15) is 5.10 Å². The summed E-state index contributed by atoms with van der Waals surface area (Å²) in [6, 6.07) is 6.36. The summed E-state index contributed by atoms with van der Waals surface area (Å²) >= 11 is 0. The number of piperidine rings is 1. The van der Waals surface area contributed by atoms with Gasteiger partial charge in [0.25, 0.3) is 0 Å². The van der Waals surface area contributed by atoms with Crippen molar-refractivity contribution in [3.63, 3.8) is 0 Å². The van der Waals surface area contributed by atoms with E-state index in [1.54, 1.807) is 23.0 Å². The number of amides is 1. The molecule has 10 nitrogen and oxygen atoms in total. The minimum Gasteiger partial charge on any atom is -0.474 e. The molecular formula is C18H19N5O5S. The minimum absolute atomic E-state index is 0.138. The van der Waals surface area contributed by atoms with Crippen LogP contribution in [0.1, 0.15) is 12.8 Å². The van der Waals surface area contributed by atoms with Crippen molar-refractivity contribution >= 4 is 27.0 Å². The fraction of sp³-hybridized carbons (Fsp3) is 0.333. The minimum atomic E-state index is -3.28. The number of ether oxygens (including phenoxy) is 1. The molecule has 152 valence electrons. The summed E-state index contributed by atoms with van der Waals surface area (Å²) in [5.74, 6) is 0.391. The molecule has 0 saturated carbocycles. The zero-order valence-corrected chi connectivity index (χ0v) is 16.4. The van der Waals surface area contributed by atoms with Crippen molar-refractivity contribution in [2.45, 2.75) is 23.8 Å². The van der Waals surface area contributed by atoms with Gasteiger partial charge >= 0.3 is 6.09 Å². The maximum atomic E-state index is 11.6. The first-order valence-corrected chi connectivity index (χ1v) is 10.9. The molecule has 0 aliphatic carbocycles. The van der Waals surface area contributed by atoms with Crippen molar-refractivity contribution in [2.75, 3.05) is 19.3 Å². The number of carboxylic acid groups (broad SMARTS) is 1. The Bertz CT molecular complexity index is 1150. The molecule has 0 unspecified atom stereocenters. The van der Waals surface area contributed by atoms with Gasteiger partial charge in [-0.15, -0.1) is 0 Å². The number of hydrogen-bond donors (Lipinski definition) is 1. The number of aromatic nitrogens is 4. The molecule has 29 heavy (non-hydrogen) atoms. The molecule has 0 bridgehead atoms. The van der Waals surface area contributed by atoms with Crippen molar-refractivity contribution in [3.8, 4) is 11.6 Å². The van der Waals surface area contributed by atoms with Crippen LogP contribution in [0.25, 0.3) is 16.7 Å². The standard InChI is InChI=1S/C18H19N5O5S/c1-29(26,27)14-4-2-12(3-5-14)23-16-15(10-21-23)17(20-11-19-16)28-13-6-8-22(9-7-13)18(24)25/h2-5,10-11,13H,6-9H2,1H3,(H,24,25). The fourth-order valence-electron chi connectivity index (χ4n) is 3.26. The summed E-state index contributed by atoms with van der Waals surface area (Å²) in [4.78, 5) is 21.1. The summed E-state index contributed by atoms with van der Waals surface area (Å²) in [5, 5.41) is 14.0. The van der Waals surface area contributed by atoms with Crippen LogP contribution in [-0.4, -0.2) is 69.7 Å². The lowest BCUT2D eigenvalue weighted by Gasteiger charge is -2.29. The molecule has 3 heterocycles. The molecule has 4 rings (SSSR count). The fourth-order valence-corrected chi connectivity index (χ4v) is 3.89. The summed E-state index contributed by atoms with van der Waals surface area (Å²) in [5.41, 5.74) is 1.19. The van der Waals surface area contributed by atoms with E-state index in [9.17, 15) is 13.2 Å². The average Bonchev–Trinajstić information content (AvgIpc) is 3.13. The van der Waals surface area contributed by atoms with Crippen LogP contribution in [0.3, 0.4) is 0 Å². The summed E-state index contributed by atoms with van der Waals surface area (Å²) in [6.07, 6.45) is 4.24. The van der Waals surface area contributed by atoms with Gasteiger partial charge in [-0.1, -0.05) is 0 Å². The first kappa shape index (κ1) is 19.1. The second kappa shape index (κ2) is 7.32. The second-order valence-corrected chi connectivity index (χ2v) is 8.84. The van der Waals surface area contributed by atoms with E-state index in [0.29, 0.717) is 48.5 Å². The van der Waals surface area contributed by atoms with E-state index in [1.807, 2.05) is 0 Å². The maximum Gasteiger partial charge on any atom is 0.407 e. The molecule has 0 spiro atoms. The summed E-state index contributed by atoms with van der Waals surface area (Å²) in [6.45, 7) is 0.834. The Morgan fingerprint density at radius 1 is 1.17 bits per heavy atom. The number of rotatable bonds is 4.